The number of hydrogen-bond donors (Lipinski definition) is 1. The van der Waals surface area contributed by atoms with Gasteiger partial charge >= 0.3 is 0 Å². The van der Waals surface area contributed by atoms with Crippen molar-refractivity contribution >= 4 is 28.9 Å². The first-order chi connectivity index (χ1) is 9.68. The smallest absolute Gasteiger partial charge is 0.229 e. The summed E-state index contributed by atoms with van der Waals surface area (Å²) in [6.07, 6.45) is 1.48. The highest BCUT2D eigenvalue weighted by molar-refractivity contribution is 6.50. The van der Waals surface area contributed by atoms with Gasteiger partial charge in [0.05, 0.1) is 5.56 Å². The van der Waals surface area contributed by atoms with Gasteiger partial charge in [-0.2, -0.15) is 0 Å². The molecule has 20 heavy (non-hydrogen) atoms. The van der Waals surface area contributed by atoms with Crippen molar-refractivity contribution in [2.24, 2.45) is 0 Å². The van der Waals surface area contributed by atoms with E-state index in [-0.39, 0.29) is 27.8 Å². The third kappa shape index (κ3) is 2.00. The summed E-state index contributed by atoms with van der Waals surface area (Å²) in [4.78, 5) is 28.5. The van der Waals surface area contributed by atoms with Crippen molar-refractivity contribution in [1.29, 1.82) is 0 Å². The average molecular weight is 285 g/mol. The lowest BCUT2D eigenvalue weighted by atomic mass is 9.97. The predicted octanol–water partition coefficient (Wildman–Crippen LogP) is 3.02. The van der Waals surface area contributed by atoms with E-state index in [1.54, 1.807) is 24.3 Å². The molecule has 0 atom stereocenters. The molecular weight excluding hydrogens is 276 g/mol. The molecular formula is C15H9ClN2O2. The normalized spacial score (nSPS) is 14.2. The van der Waals surface area contributed by atoms with Gasteiger partial charge in [0.25, 0.3) is 0 Å². The molecule has 2 aromatic rings. The number of Topliss-reactive ketones (excluding diaryl/α,β-unsaturated/α-hetero) is 2. The fraction of sp³-hybridized carbons (Fsp3) is 0. The highest BCUT2D eigenvalue weighted by atomic mass is 35.5. The molecule has 0 fully saturated rings. The van der Waals surface area contributed by atoms with E-state index < -0.39 is 5.78 Å². The molecule has 1 aliphatic carbocycles. The van der Waals surface area contributed by atoms with Crippen molar-refractivity contribution in [2.75, 3.05) is 5.32 Å². The van der Waals surface area contributed by atoms with Crippen LogP contribution in [0, 0.1) is 0 Å². The minimum atomic E-state index is -0.396. The first-order valence-corrected chi connectivity index (χ1v) is 6.32. The van der Waals surface area contributed by atoms with Crippen LogP contribution in [0.15, 0.2) is 59.4 Å². The number of ketones is 2. The number of rotatable bonds is 2. The Morgan fingerprint density at radius 3 is 2.45 bits per heavy atom. The molecule has 4 nitrogen and oxygen atoms in total. The summed E-state index contributed by atoms with van der Waals surface area (Å²) < 4.78 is 0. The van der Waals surface area contributed by atoms with Crippen molar-refractivity contribution < 1.29 is 9.59 Å². The first-order valence-electron chi connectivity index (χ1n) is 5.95. The molecule has 0 unspecified atom stereocenters. The lowest BCUT2D eigenvalue weighted by molar-refractivity contribution is 0.0978. The maximum Gasteiger partial charge on any atom is 0.229 e. The van der Waals surface area contributed by atoms with E-state index in [0.29, 0.717) is 5.69 Å². The quantitative estimate of drug-likeness (QED) is 0.921. The molecule has 0 spiro atoms. The number of nitrogens with zero attached hydrogens (tertiary/aromatic N) is 1. The van der Waals surface area contributed by atoms with Crippen LogP contribution in [0.4, 0.5) is 5.69 Å². The third-order valence-electron chi connectivity index (χ3n) is 2.96. The first kappa shape index (κ1) is 12.6. The molecule has 1 aliphatic rings. The van der Waals surface area contributed by atoms with Crippen LogP contribution in [0.1, 0.15) is 20.8 Å². The predicted molar refractivity (Wildman–Crippen MR) is 75.8 cm³/mol. The Labute approximate surface area is 120 Å². The van der Waals surface area contributed by atoms with E-state index in [2.05, 4.69) is 10.3 Å². The average Bonchev–Trinajstić information content (AvgIpc) is 2.50. The molecule has 3 rings (SSSR count). The van der Waals surface area contributed by atoms with Gasteiger partial charge in [-0.1, -0.05) is 29.8 Å². The fourth-order valence-electron chi connectivity index (χ4n) is 2.00. The van der Waals surface area contributed by atoms with Crippen LogP contribution >= 0.6 is 11.6 Å². The SMILES string of the molecule is O=C1C(Cl)=C(Nc2ccccc2)C(=O)c2ncccc21. The van der Waals surface area contributed by atoms with Crippen molar-refractivity contribution in [3.63, 3.8) is 0 Å². The van der Waals surface area contributed by atoms with Gasteiger partial charge in [-0.05, 0) is 24.3 Å². The van der Waals surface area contributed by atoms with Gasteiger partial charge in [-0.25, -0.2) is 0 Å². The second-order valence-corrected chi connectivity index (χ2v) is 4.62. The Morgan fingerprint density at radius 1 is 0.950 bits per heavy atom. The zero-order valence-electron chi connectivity index (χ0n) is 10.3. The van der Waals surface area contributed by atoms with Crippen LogP contribution in [0.2, 0.25) is 0 Å². The maximum atomic E-state index is 12.4. The summed E-state index contributed by atoms with van der Waals surface area (Å²) >= 11 is 6.02. The summed E-state index contributed by atoms with van der Waals surface area (Å²) in [5, 5.41) is 2.78. The van der Waals surface area contributed by atoms with Gasteiger partial charge in [-0.15, -0.1) is 0 Å². The molecule has 0 amide bonds. The number of anilines is 1. The second-order valence-electron chi connectivity index (χ2n) is 4.24. The summed E-state index contributed by atoms with van der Waals surface area (Å²) in [5.74, 6) is -0.776. The Hall–Kier alpha value is -2.46. The number of allylic oxidation sites excluding steroid dienone is 2. The van der Waals surface area contributed by atoms with Crippen LogP contribution in [-0.4, -0.2) is 16.6 Å². The van der Waals surface area contributed by atoms with Crippen molar-refractivity contribution in [3.8, 4) is 0 Å². The number of para-hydroxylation sites is 1. The third-order valence-corrected chi connectivity index (χ3v) is 3.32. The molecule has 0 aliphatic heterocycles. The fourth-order valence-corrected chi connectivity index (χ4v) is 2.23. The number of nitrogens with one attached hydrogen (secondary N) is 1. The van der Waals surface area contributed by atoms with E-state index in [4.69, 9.17) is 11.6 Å². The van der Waals surface area contributed by atoms with E-state index >= 15 is 0 Å². The Balaban J connectivity index is 2.06. The topological polar surface area (TPSA) is 59.1 Å². The summed E-state index contributed by atoms with van der Waals surface area (Å²) in [5.41, 5.74) is 1.11. The van der Waals surface area contributed by atoms with Crippen LogP contribution in [0.5, 0.6) is 0 Å². The number of fused-ring (bicyclic) bond motifs is 1. The van der Waals surface area contributed by atoms with Crippen molar-refractivity contribution in [1.82, 2.24) is 4.98 Å². The van der Waals surface area contributed by atoms with Gasteiger partial charge in [0.15, 0.2) is 0 Å². The number of pyridine rings is 1. The Morgan fingerprint density at radius 2 is 1.70 bits per heavy atom. The number of halogens is 1. The highest BCUT2D eigenvalue weighted by Crippen LogP contribution is 2.28. The largest absolute Gasteiger partial charge is 0.351 e. The summed E-state index contributed by atoms with van der Waals surface area (Å²) in [6, 6.07) is 12.2. The second kappa shape index (κ2) is 4.90. The number of benzene rings is 1. The molecule has 5 heteroatoms. The minimum Gasteiger partial charge on any atom is -0.351 e. The van der Waals surface area contributed by atoms with E-state index in [9.17, 15) is 9.59 Å². The minimum absolute atomic E-state index is 0.0640. The monoisotopic (exact) mass is 284 g/mol. The maximum absolute atomic E-state index is 12.4. The molecule has 0 radical (unpaired) electrons. The van der Waals surface area contributed by atoms with Crippen LogP contribution < -0.4 is 5.32 Å². The van der Waals surface area contributed by atoms with E-state index in [0.717, 1.165) is 0 Å². The molecule has 0 bridgehead atoms. The number of aromatic nitrogens is 1. The van der Waals surface area contributed by atoms with Gasteiger partial charge in [0, 0.05) is 11.9 Å². The van der Waals surface area contributed by atoms with Gasteiger partial charge in [0.1, 0.15) is 16.4 Å². The van der Waals surface area contributed by atoms with E-state index in [1.165, 1.54) is 6.20 Å². The zero-order chi connectivity index (χ0) is 14.1. The summed E-state index contributed by atoms with van der Waals surface area (Å²) in [7, 11) is 0. The van der Waals surface area contributed by atoms with Gasteiger partial charge in [0.2, 0.25) is 11.6 Å². The standard InChI is InChI=1S/C15H9ClN2O2/c16-11-13(18-9-5-2-1-3-6-9)15(20)12-10(14(11)19)7-4-8-17-12/h1-8,18H. The molecule has 0 saturated heterocycles. The lowest BCUT2D eigenvalue weighted by Crippen LogP contribution is -2.25. The van der Waals surface area contributed by atoms with Crippen LogP contribution in [0.3, 0.4) is 0 Å². The zero-order valence-corrected chi connectivity index (χ0v) is 11.0. The molecule has 1 aromatic carbocycles. The van der Waals surface area contributed by atoms with Crippen molar-refractivity contribution in [2.45, 2.75) is 0 Å². The molecule has 0 saturated carbocycles. The van der Waals surface area contributed by atoms with Crippen molar-refractivity contribution in [3.05, 3.63) is 70.6 Å². The molecule has 1 aromatic heterocycles. The Kier molecular flexibility index (Phi) is 3.08. The van der Waals surface area contributed by atoms with Gasteiger partial charge < -0.3 is 5.32 Å². The number of carbonyl (C=O) groups excluding carboxylic acids is 2. The number of hydrogen-bond acceptors (Lipinski definition) is 4. The Bertz CT molecular complexity index is 739. The van der Waals surface area contributed by atoms with Crippen LogP contribution in [0.25, 0.3) is 0 Å². The van der Waals surface area contributed by atoms with Gasteiger partial charge in [-0.3, -0.25) is 14.6 Å². The van der Waals surface area contributed by atoms with E-state index in [1.807, 2.05) is 18.2 Å². The molecule has 98 valence electrons. The molecule has 1 N–H and O–H groups in total. The molecule has 1 heterocycles. The highest BCUT2D eigenvalue weighted by Gasteiger charge is 2.32. The summed E-state index contributed by atoms with van der Waals surface area (Å²) in [6.45, 7) is 0. The van der Waals surface area contributed by atoms with Crippen LogP contribution in [-0.2, 0) is 0 Å². The lowest BCUT2D eigenvalue weighted by Gasteiger charge is -2.17. The number of carbonyl (C=O) groups is 2.